The van der Waals surface area contributed by atoms with Crippen LogP contribution in [0.25, 0.3) is 0 Å². The normalized spacial score (nSPS) is 16.5. The summed E-state index contributed by atoms with van der Waals surface area (Å²) in [7, 11) is 0. The molecule has 0 bridgehead atoms. The predicted octanol–water partition coefficient (Wildman–Crippen LogP) is 1.46. The number of hydrogen-bond donors (Lipinski definition) is 2. The SMILES string of the molecule is CC(F)C(CN)(C(=O)O)c1cccc(F)c1. The van der Waals surface area contributed by atoms with Crippen molar-refractivity contribution >= 4 is 5.97 Å². The van der Waals surface area contributed by atoms with E-state index >= 15 is 0 Å². The van der Waals surface area contributed by atoms with Gasteiger partial charge in [-0.15, -0.1) is 0 Å². The minimum Gasteiger partial charge on any atom is -0.480 e. The molecule has 1 aromatic rings. The lowest BCUT2D eigenvalue weighted by Crippen LogP contribution is -2.49. The minimum absolute atomic E-state index is 0.0394. The Kier molecular flexibility index (Phi) is 3.59. The molecule has 1 rings (SSSR count). The van der Waals surface area contributed by atoms with Crippen LogP contribution in [0.2, 0.25) is 0 Å². The summed E-state index contributed by atoms with van der Waals surface area (Å²) < 4.78 is 26.5. The maximum Gasteiger partial charge on any atom is 0.318 e. The fourth-order valence-corrected chi connectivity index (χ4v) is 1.66. The Morgan fingerprint density at radius 2 is 2.25 bits per heavy atom. The monoisotopic (exact) mass is 229 g/mol. The van der Waals surface area contributed by atoms with Gasteiger partial charge >= 0.3 is 5.97 Å². The average molecular weight is 229 g/mol. The molecule has 0 saturated heterocycles. The quantitative estimate of drug-likeness (QED) is 0.821. The van der Waals surface area contributed by atoms with Gasteiger partial charge in [-0.05, 0) is 24.6 Å². The van der Waals surface area contributed by atoms with Crippen LogP contribution in [0.1, 0.15) is 12.5 Å². The van der Waals surface area contributed by atoms with Crippen molar-refractivity contribution < 1.29 is 18.7 Å². The molecule has 0 heterocycles. The van der Waals surface area contributed by atoms with E-state index in [0.29, 0.717) is 0 Å². The van der Waals surface area contributed by atoms with E-state index in [1.165, 1.54) is 12.1 Å². The molecule has 5 heteroatoms. The molecule has 0 amide bonds. The highest BCUT2D eigenvalue weighted by molar-refractivity contribution is 5.82. The molecule has 2 unspecified atom stereocenters. The Morgan fingerprint density at radius 3 is 2.62 bits per heavy atom. The molecule has 0 fully saturated rings. The zero-order valence-corrected chi connectivity index (χ0v) is 8.78. The molecule has 88 valence electrons. The lowest BCUT2D eigenvalue weighted by Gasteiger charge is -2.29. The second kappa shape index (κ2) is 4.57. The molecule has 1 aromatic carbocycles. The first-order valence-corrected chi connectivity index (χ1v) is 4.78. The van der Waals surface area contributed by atoms with Crippen molar-refractivity contribution in [2.45, 2.75) is 18.5 Å². The first kappa shape index (κ1) is 12.6. The molecule has 0 aromatic heterocycles. The van der Waals surface area contributed by atoms with Gasteiger partial charge in [-0.1, -0.05) is 12.1 Å². The Labute approximate surface area is 91.9 Å². The zero-order valence-electron chi connectivity index (χ0n) is 8.78. The van der Waals surface area contributed by atoms with Crippen LogP contribution in [0.15, 0.2) is 24.3 Å². The third-order valence-electron chi connectivity index (χ3n) is 2.72. The van der Waals surface area contributed by atoms with Gasteiger partial charge in [0, 0.05) is 6.54 Å². The Balaban J connectivity index is 3.36. The molecule has 0 spiro atoms. The van der Waals surface area contributed by atoms with E-state index in [-0.39, 0.29) is 5.56 Å². The van der Waals surface area contributed by atoms with Crippen molar-refractivity contribution in [1.82, 2.24) is 0 Å². The standard InChI is InChI=1S/C11H13F2NO2/c1-7(12)11(6-14,10(15)16)8-3-2-4-9(13)5-8/h2-5,7H,6,14H2,1H3,(H,15,16). The van der Waals surface area contributed by atoms with Crippen LogP contribution in [0.4, 0.5) is 8.78 Å². The molecule has 0 saturated carbocycles. The summed E-state index contributed by atoms with van der Waals surface area (Å²) in [5.41, 5.74) is 3.50. The van der Waals surface area contributed by atoms with Gasteiger partial charge in [0.25, 0.3) is 0 Å². The third kappa shape index (κ3) is 1.90. The van der Waals surface area contributed by atoms with Crippen molar-refractivity contribution in [2.24, 2.45) is 5.73 Å². The van der Waals surface area contributed by atoms with Crippen LogP contribution in [0, 0.1) is 5.82 Å². The van der Waals surface area contributed by atoms with Crippen molar-refractivity contribution in [3.05, 3.63) is 35.6 Å². The Hall–Kier alpha value is -1.49. The summed E-state index contributed by atoms with van der Waals surface area (Å²) in [6.45, 7) is 0.676. The van der Waals surface area contributed by atoms with E-state index in [9.17, 15) is 13.6 Å². The van der Waals surface area contributed by atoms with Crippen LogP contribution < -0.4 is 5.73 Å². The average Bonchev–Trinajstić information content (AvgIpc) is 2.18. The van der Waals surface area contributed by atoms with Gasteiger partial charge in [-0.2, -0.15) is 0 Å². The number of aliphatic carboxylic acids is 1. The van der Waals surface area contributed by atoms with Crippen LogP contribution >= 0.6 is 0 Å². The zero-order chi connectivity index (χ0) is 12.3. The first-order valence-electron chi connectivity index (χ1n) is 4.78. The molecule has 0 radical (unpaired) electrons. The number of nitrogens with two attached hydrogens (primary N) is 1. The maximum atomic E-state index is 13.5. The van der Waals surface area contributed by atoms with Crippen LogP contribution in [0.5, 0.6) is 0 Å². The van der Waals surface area contributed by atoms with Crippen LogP contribution in [-0.2, 0) is 10.2 Å². The number of hydrogen-bond acceptors (Lipinski definition) is 2. The van der Waals surface area contributed by atoms with E-state index in [1.54, 1.807) is 0 Å². The summed E-state index contributed by atoms with van der Waals surface area (Å²) in [5, 5.41) is 9.10. The van der Waals surface area contributed by atoms with Gasteiger partial charge in [0.2, 0.25) is 0 Å². The molecule has 16 heavy (non-hydrogen) atoms. The minimum atomic E-state index is -1.89. The fraction of sp³-hybridized carbons (Fsp3) is 0.364. The third-order valence-corrected chi connectivity index (χ3v) is 2.72. The van der Waals surface area contributed by atoms with Gasteiger partial charge in [0.1, 0.15) is 17.4 Å². The summed E-state index contributed by atoms with van der Waals surface area (Å²) in [5.74, 6) is -2.01. The highest BCUT2D eigenvalue weighted by Gasteiger charge is 2.45. The van der Waals surface area contributed by atoms with E-state index in [4.69, 9.17) is 10.8 Å². The number of halogens is 2. The largest absolute Gasteiger partial charge is 0.480 e. The van der Waals surface area contributed by atoms with Crippen molar-refractivity contribution in [2.75, 3.05) is 6.54 Å². The van der Waals surface area contributed by atoms with Crippen molar-refractivity contribution in [3.63, 3.8) is 0 Å². The number of carboxylic acids is 1. The molecule has 3 nitrogen and oxygen atoms in total. The van der Waals surface area contributed by atoms with Gasteiger partial charge in [0.05, 0.1) is 0 Å². The fourth-order valence-electron chi connectivity index (χ4n) is 1.66. The Morgan fingerprint density at radius 1 is 1.62 bits per heavy atom. The number of benzene rings is 1. The highest BCUT2D eigenvalue weighted by Crippen LogP contribution is 2.30. The lowest BCUT2D eigenvalue weighted by molar-refractivity contribution is -0.146. The molecular formula is C11H13F2NO2. The van der Waals surface area contributed by atoms with Crippen LogP contribution in [-0.4, -0.2) is 23.8 Å². The lowest BCUT2D eigenvalue weighted by atomic mass is 9.77. The topological polar surface area (TPSA) is 63.3 Å². The predicted molar refractivity (Wildman–Crippen MR) is 55.3 cm³/mol. The van der Waals surface area contributed by atoms with Gasteiger partial charge in [0.15, 0.2) is 0 Å². The second-order valence-electron chi connectivity index (χ2n) is 3.61. The number of carboxylic acid groups (broad SMARTS) is 1. The smallest absolute Gasteiger partial charge is 0.318 e. The van der Waals surface area contributed by atoms with Crippen LogP contribution in [0.3, 0.4) is 0 Å². The number of carbonyl (C=O) groups is 1. The summed E-state index contributed by atoms with van der Waals surface area (Å²) in [4.78, 5) is 11.2. The summed E-state index contributed by atoms with van der Waals surface area (Å²) in [6, 6.07) is 4.85. The van der Waals surface area contributed by atoms with Crippen molar-refractivity contribution in [3.8, 4) is 0 Å². The highest BCUT2D eigenvalue weighted by atomic mass is 19.1. The summed E-state index contributed by atoms with van der Waals surface area (Å²) >= 11 is 0. The maximum absolute atomic E-state index is 13.5. The molecule has 2 atom stereocenters. The molecular weight excluding hydrogens is 216 g/mol. The van der Waals surface area contributed by atoms with Gasteiger partial charge in [-0.25, -0.2) is 8.78 Å². The Bertz CT molecular complexity index is 395. The molecule has 0 aliphatic carbocycles. The van der Waals surface area contributed by atoms with Gasteiger partial charge in [-0.3, -0.25) is 4.79 Å². The van der Waals surface area contributed by atoms with E-state index in [2.05, 4.69) is 0 Å². The van der Waals surface area contributed by atoms with E-state index in [1.807, 2.05) is 0 Å². The molecule has 3 N–H and O–H groups in total. The molecule has 0 aliphatic heterocycles. The number of rotatable bonds is 4. The molecule has 0 aliphatic rings. The van der Waals surface area contributed by atoms with Gasteiger partial charge < -0.3 is 10.8 Å². The van der Waals surface area contributed by atoms with Crippen molar-refractivity contribution in [1.29, 1.82) is 0 Å². The van der Waals surface area contributed by atoms with E-state index < -0.39 is 29.9 Å². The first-order chi connectivity index (χ1) is 7.45. The summed E-state index contributed by atoms with van der Waals surface area (Å²) in [6.07, 6.45) is -1.71. The second-order valence-corrected chi connectivity index (χ2v) is 3.61. The number of alkyl halides is 1. The van der Waals surface area contributed by atoms with E-state index in [0.717, 1.165) is 19.1 Å².